The van der Waals surface area contributed by atoms with Crippen molar-refractivity contribution in [2.75, 3.05) is 11.9 Å². The quantitative estimate of drug-likeness (QED) is 0.156. The minimum absolute atomic E-state index is 0.0115. The van der Waals surface area contributed by atoms with Gasteiger partial charge >= 0.3 is 12.1 Å². The van der Waals surface area contributed by atoms with Gasteiger partial charge in [0.2, 0.25) is 10.0 Å². The van der Waals surface area contributed by atoms with E-state index in [1.54, 1.807) is 57.4 Å². The molecule has 46 heavy (non-hydrogen) atoms. The molecule has 13 heteroatoms. The maximum Gasteiger partial charge on any atom is 0.407 e. The summed E-state index contributed by atoms with van der Waals surface area (Å²) in [7, 11) is -3.98. The van der Waals surface area contributed by atoms with Crippen LogP contribution in [0.3, 0.4) is 0 Å². The highest BCUT2D eigenvalue weighted by Crippen LogP contribution is 2.46. The van der Waals surface area contributed by atoms with Crippen molar-refractivity contribution in [2.24, 2.45) is 0 Å². The van der Waals surface area contributed by atoms with Crippen molar-refractivity contribution in [3.8, 4) is 10.4 Å². The molecule has 4 N–H and O–H groups in total. The SMILES string of the molecule is CC(C)NC(=O)OCCCC1(c2ncc(-c3ccc(NC(=O)NCc4ccccn4)cc3S(=O)(=O)NC(C)(C)C)s2)CCCCC1. The largest absolute Gasteiger partial charge is 0.450 e. The summed E-state index contributed by atoms with van der Waals surface area (Å²) in [5.74, 6) is 0. The summed E-state index contributed by atoms with van der Waals surface area (Å²) in [6.07, 6.45) is 9.81. The Balaban J connectivity index is 1.58. The number of carbonyl (C=O) groups excluding carboxylic acids is 2. The zero-order valence-corrected chi connectivity index (χ0v) is 28.9. The van der Waals surface area contributed by atoms with E-state index in [2.05, 4.69) is 25.7 Å². The second-order valence-electron chi connectivity index (χ2n) is 13.1. The Kier molecular flexibility index (Phi) is 11.8. The summed E-state index contributed by atoms with van der Waals surface area (Å²) in [4.78, 5) is 34.5. The van der Waals surface area contributed by atoms with E-state index in [0.717, 1.165) is 48.4 Å². The van der Waals surface area contributed by atoms with E-state index in [0.29, 0.717) is 30.0 Å². The molecule has 3 aromatic rings. The molecule has 3 amide bonds. The first kappa shape index (κ1) is 35.3. The molecule has 1 fully saturated rings. The van der Waals surface area contributed by atoms with Gasteiger partial charge in [0.25, 0.3) is 0 Å². The molecule has 1 saturated carbocycles. The van der Waals surface area contributed by atoms with Gasteiger partial charge in [-0.1, -0.05) is 31.4 Å². The number of hydrogen-bond donors (Lipinski definition) is 4. The van der Waals surface area contributed by atoms with Crippen LogP contribution in [0.15, 0.2) is 53.7 Å². The van der Waals surface area contributed by atoms with Gasteiger partial charge in [-0.25, -0.2) is 27.7 Å². The van der Waals surface area contributed by atoms with Crippen LogP contribution in [0.5, 0.6) is 0 Å². The van der Waals surface area contributed by atoms with Crippen LogP contribution in [0.1, 0.15) is 90.3 Å². The van der Waals surface area contributed by atoms with Gasteiger partial charge in [0, 0.05) is 40.6 Å². The van der Waals surface area contributed by atoms with Crippen LogP contribution in [0.25, 0.3) is 10.4 Å². The lowest BCUT2D eigenvalue weighted by atomic mass is 9.71. The van der Waals surface area contributed by atoms with Crippen LogP contribution < -0.4 is 20.7 Å². The normalized spacial score (nSPS) is 14.9. The van der Waals surface area contributed by atoms with Crippen molar-refractivity contribution in [1.29, 1.82) is 0 Å². The number of urea groups is 1. The third kappa shape index (κ3) is 9.97. The maximum absolute atomic E-state index is 13.7. The standard InChI is InChI=1S/C33H46N6O5S2/c1-23(2)37-31(41)44-19-11-17-33(15-8-6-9-16-33)29-35-22-27(45-29)26-14-13-24(20-28(26)46(42,43)39-32(3,4)5)38-30(40)36-21-25-12-7-10-18-34-25/h7,10,12-14,18,20,22-23,39H,6,8-9,11,15-17,19,21H2,1-5H3,(H,37,41)(H2,36,38,40). The Bertz CT molecular complexity index is 1580. The predicted octanol–water partition coefficient (Wildman–Crippen LogP) is 6.72. The molecule has 0 saturated heterocycles. The van der Waals surface area contributed by atoms with Crippen LogP contribution in [0, 0.1) is 0 Å². The summed E-state index contributed by atoms with van der Waals surface area (Å²) in [5, 5.41) is 9.22. The first-order valence-electron chi connectivity index (χ1n) is 15.8. The number of amides is 3. The zero-order valence-electron chi connectivity index (χ0n) is 27.3. The number of anilines is 1. The van der Waals surface area contributed by atoms with Crippen molar-refractivity contribution in [1.82, 2.24) is 25.3 Å². The van der Waals surface area contributed by atoms with Gasteiger partial charge in [-0.05, 0) is 84.6 Å². The average Bonchev–Trinajstić information content (AvgIpc) is 3.49. The fourth-order valence-corrected chi connectivity index (χ4v) is 8.59. The van der Waals surface area contributed by atoms with Crippen LogP contribution in [-0.2, 0) is 26.7 Å². The van der Waals surface area contributed by atoms with E-state index in [1.165, 1.54) is 17.4 Å². The molecular weight excluding hydrogens is 625 g/mol. The van der Waals surface area contributed by atoms with Gasteiger partial charge in [-0.3, -0.25) is 4.98 Å². The number of nitrogens with zero attached hydrogens (tertiary/aromatic N) is 2. The number of hydrogen-bond acceptors (Lipinski definition) is 8. The Labute approximate surface area is 276 Å². The van der Waals surface area contributed by atoms with E-state index in [4.69, 9.17) is 9.72 Å². The van der Waals surface area contributed by atoms with Crippen molar-refractivity contribution in [3.63, 3.8) is 0 Å². The number of thiazole rings is 1. The molecule has 4 rings (SSSR count). The molecule has 0 radical (unpaired) electrons. The monoisotopic (exact) mass is 670 g/mol. The number of benzene rings is 1. The van der Waals surface area contributed by atoms with Gasteiger partial charge in [-0.2, -0.15) is 0 Å². The van der Waals surface area contributed by atoms with E-state index < -0.39 is 27.7 Å². The number of nitrogens with one attached hydrogen (secondary N) is 4. The Morgan fingerprint density at radius 3 is 2.50 bits per heavy atom. The fourth-order valence-electron chi connectivity index (χ4n) is 5.63. The smallest absolute Gasteiger partial charge is 0.407 e. The lowest BCUT2D eigenvalue weighted by Crippen LogP contribution is -2.40. The molecule has 1 aliphatic rings. The van der Waals surface area contributed by atoms with Crippen molar-refractivity contribution < 1.29 is 22.7 Å². The second kappa shape index (κ2) is 15.4. The third-order valence-electron chi connectivity index (χ3n) is 7.60. The molecule has 0 atom stereocenters. The van der Waals surface area contributed by atoms with Gasteiger partial charge < -0.3 is 20.7 Å². The van der Waals surface area contributed by atoms with Crippen molar-refractivity contribution >= 4 is 39.2 Å². The highest BCUT2D eigenvalue weighted by Gasteiger charge is 2.37. The summed E-state index contributed by atoms with van der Waals surface area (Å²) in [6.45, 7) is 9.68. The minimum atomic E-state index is -3.98. The molecular formula is C33H46N6O5S2. The number of alkyl carbamates (subject to hydrolysis) is 1. The minimum Gasteiger partial charge on any atom is -0.450 e. The number of rotatable bonds is 12. The third-order valence-corrected chi connectivity index (χ3v) is 10.7. The molecule has 1 aromatic carbocycles. The van der Waals surface area contributed by atoms with Gasteiger partial charge in [0.05, 0.1) is 33.6 Å². The molecule has 0 spiro atoms. The van der Waals surface area contributed by atoms with Crippen LogP contribution in [-0.4, -0.2) is 48.7 Å². The maximum atomic E-state index is 13.7. The number of carbonyl (C=O) groups is 2. The van der Waals surface area contributed by atoms with E-state index in [9.17, 15) is 18.0 Å². The van der Waals surface area contributed by atoms with Crippen molar-refractivity contribution in [2.45, 2.75) is 108 Å². The highest BCUT2D eigenvalue weighted by atomic mass is 32.2. The molecule has 0 unspecified atom stereocenters. The van der Waals surface area contributed by atoms with E-state index in [-0.39, 0.29) is 22.9 Å². The number of ether oxygens (including phenoxy) is 1. The van der Waals surface area contributed by atoms with Gasteiger partial charge in [0.1, 0.15) is 0 Å². The number of sulfonamides is 1. The molecule has 0 bridgehead atoms. The van der Waals surface area contributed by atoms with Crippen LogP contribution in [0.4, 0.5) is 15.3 Å². The summed E-state index contributed by atoms with van der Waals surface area (Å²) in [5.41, 5.74) is 0.672. The van der Waals surface area contributed by atoms with Crippen molar-refractivity contribution in [3.05, 3.63) is 59.5 Å². The van der Waals surface area contributed by atoms with Crippen LogP contribution >= 0.6 is 11.3 Å². The lowest BCUT2D eigenvalue weighted by molar-refractivity contribution is 0.135. The zero-order chi connectivity index (χ0) is 33.4. The average molecular weight is 671 g/mol. The highest BCUT2D eigenvalue weighted by molar-refractivity contribution is 7.89. The summed E-state index contributed by atoms with van der Waals surface area (Å²) >= 11 is 1.51. The summed E-state index contributed by atoms with van der Waals surface area (Å²) < 4.78 is 35.6. The molecule has 250 valence electrons. The first-order chi connectivity index (χ1) is 21.8. The molecule has 0 aliphatic heterocycles. The van der Waals surface area contributed by atoms with Gasteiger partial charge in [0.15, 0.2) is 0 Å². The molecule has 2 aromatic heterocycles. The Morgan fingerprint density at radius 2 is 1.83 bits per heavy atom. The number of aromatic nitrogens is 2. The first-order valence-corrected chi connectivity index (χ1v) is 18.1. The Hall–Kier alpha value is -3.55. The topological polar surface area (TPSA) is 151 Å². The van der Waals surface area contributed by atoms with E-state index >= 15 is 0 Å². The molecule has 2 heterocycles. The predicted molar refractivity (Wildman–Crippen MR) is 181 cm³/mol. The molecule has 11 nitrogen and oxygen atoms in total. The molecule has 1 aliphatic carbocycles. The summed E-state index contributed by atoms with van der Waals surface area (Å²) in [6, 6.07) is 9.88. The van der Waals surface area contributed by atoms with Crippen LogP contribution in [0.2, 0.25) is 0 Å². The number of pyridine rings is 1. The lowest BCUT2D eigenvalue weighted by Gasteiger charge is -2.35. The Morgan fingerprint density at radius 1 is 1.07 bits per heavy atom. The van der Waals surface area contributed by atoms with E-state index in [1.807, 2.05) is 19.9 Å². The second-order valence-corrected chi connectivity index (χ2v) is 15.8. The fraction of sp³-hybridized carbons (Fsp3) is 0.515. The van der Waals surface area contributed by atoms with Gasteiger partial charge in [-0.15, -0.1) is 11.3 Å².